The van der Waals surface area contributed by atoms with E-state index in [9.17, 15) is 0 Å². The predicted molar refractivity (Wildman–Crippen MR) is 67.6 cm³/mol. The van der Waals surface area contributed by atoms with Gasteiger partial charge >= 0.3 is 0 Å². The molecule has 0 aliphatic rings. The first-order valence-electron chi connectivity index (χ1n) is 5.11. The molecule has 0 aliphatic carbocycles. The first-order valence-corrected chi connectivity index (χ1v) is 5.93. The number of hydrogen-bond donors (Lipinski definition) is 0. The smallest absolute Gasteiger partial charge is 0.143 e. The van der Waals surface area contributed by atoms with E-state index in [1.807, 2.05) is 37.4 Å². The molecule has 78 valence electrons. The molecule has 0 unspecified atom stereocenters. The average molecular weight is 226 g/mol. The van der Waals surface area contributed by atoms with Crippen LogP contribution >= 0.6 is 11.3 Å². The van der Waals surface area contributed by atoms with E-state index in [1.54, 1.807) is 11.3 Å². The third-order valence-electron chi connectivity index (χ3n) is 2.42. The van der Waals surface area contributed by atoms with Crippen LogP contribution in [-0.4, -0.2) is 9.97 Å². The number of aromatic nitrogens is 2. The van der Waals surface area contributed by atoms with Crippen LogP contribution in [0.1, 0.15) is 5.56 Å². The van der Waals surface area contributed by atoms with Crippen LogP contribution in [0.3, 0.4) is 0 Å². The highest BCUT2D eigenvalue weighted by atomic mass is 32.1. The SMILES string of the molecule is Cc1ccc(-c2nc3ccccc3s2)nc1. The first kappa shape index (κ1) is 9.48. The molecule has 0 radical (unpaired) electrons. The van der Waals surface area contributed by atoms with Crippen molar-refractivity contribution in [3.63, 3.8) is 0 Å². The van der Waals surface area contributed by atoms with Crippen LogP contribution in [0.15, 0.2) is 42.6 Å². The van der Waals surface area contributed by atoms with Crippen LogP contribution in [-0.2, 0) is 0 Å². The van der Waals surface area contributed by atoms with E-state index in [0.29, 0.717) is 0 Å². The Bertz CT molecular complexity index is 593. The Morgan fingerprint density at radius 1 is 1.06 bits per heavy atom. The van der Waals surface area contributed by atoms with Gasteiger partial charge in [0, 0.05) is 6.20 Å². The topological polar surface area (TPSA) is 25.8 Å². The predicted octanol–water partition coefficient (Wildman–Crippen LogP) is 3.67. The van der Waals surface area contributed by atoms with E-state index in [0.717, 1.165) is 16.2 Å². The van der Waals surface area contributed by atoms with Crippen LogP contribution < -0.4 is 0 Å². The zero-order valence-electron chi connectivity index (χ0n) is 8.84. The highest BCUT2D eigenvalue weighted by molar-refractivity contribution is 7.21. The molecule has 16 heavy (non-hydrogen) atoms. The molecule has 3 rings (SSSR count). The highest BCUT2D eigenvalue weighted by Crippen LogP contribution is 2.28. The van der Waals surface area contributed by atoms with Crippen molar-refractivity contribution in [1.29, 1.82) is 0 Å². The van der Waals surface area contributed by atoms with Gasteiger partial charge in [0.05, 0.1) is 15.9 Å². The van der Waals surface area contributed by atoms with Gasteiger partial charge in [0.25, 0.3) is 0 Å². The highest BCUT2D eigenvalue weighted by Gasteiger charge is 2.05. The van der Waals surface area contributed by atoms with Crippen molar-refractivity contribution in [2.24, 2.45) is 0 Å². The van der Waals surface area contributed by atoms with E-state index in [-0.39, 0.29) is 0 Å². The summed E-state index contributed by atoms with van der Waals surface area (Å²) < 4.78 is 1.21. The summed E-state index contributed by atoms with van der Waals surface area (Å²) in [6, 6.07) is 12.2. The minimum Gasteiger partial charge on any atom is -0.253 e. The summed E-state index contributed by atoms with van der Waals surface area (Å²) in [7, 11) is 0. The third-order valence-corrected chi connectivity index (χ3v) is 3.48. The quantitative estimate of drug-likeness (QED) is 0.632. The number of pyridine rings is 1. The van der Waals surface area contributed by atoms with Gasteiger partial charge in [-0.2, -0.15) is 0 Å². The lowest BCUT2D eigenvalue weighted by atomic mass is 10.3. The molecule has 2 nitrogen and oxygen atoms in total. The molecule has 0 saturated carbocycles. The summed E-state index contributed by atoms with van der Waals surface area (Å²) in [5, 5.41) is 0.987. The van der Waals surface area contributed by atoms with E-state index in [1.165, 1.54) is 10.3 Å². The summed E-state index contributed by atoms with van der Waals surface area (Å²) in [4.78, 5) is 8.96. The number of rotatable bonds is 1. The summed E-state index contributed by atoms with van der Waals surface area (Å²) in [5.74, 6) is 0. The molecule has 3 aromatic rings. The van der Waals surface area contributed by atoms with E-state index in [4.69, 9.17) is 0 Å². The van der Waals surface area contributed by atoms with Crippen molar-refractivity contribution < 1.29 is 0 Å². The Hall–Kier alpha value is -1.74. The fourth-order valence-electron chi connectivity index (χ4n) is 1.58. The molecule has 0 aliphatic heterocycles. The van der Waals surface area contributed by atoms with Crippen molar-refractivity contribution in [2.75, 3.05) is 0 Å². The van der Waals surface area contributed by atoms with Gasteiger partial charge in [0.2, 0.25) is 0 Å². The van der Waals surface area contributed by atoms with Crippen LogP contribution in [0.2, 0.25) is 0 Å². The molecule has 0 saturated heterocycles. The molecular weight excluding hydrogens is 216 g/mol. The fourth-order valence-corrected chi connectivity index (χ4v) is 2.52. The molecular formula is C13H10N2S. The lowest BCUT2D eigenvalue weighted by molar-refractivity contribution is 1.26. The van der Waals surface area contributed by atoms with Gasteiger partial charge in [-0.05, 0) is 30.7 Å². The number of fused-ring (bicyclic) bond motifs is 1. The lowest BCUT2D eigenvalue weighted by Gasteiger charge is -1.94. The van der Waals surface area contributed by atoms with Crippen molar-refractivity contribution in [3.8, 4) is 10.7 Å². The number of nitrogens with zero attached hydrogens (tertiary/aromatic N) is 2. The standard InChI is InChI=1S/C13H10N2S/c1-9-6-7-11(14-8-9)13-15-10-4-2-3-5-12(10)16-13/h2-8H,1H3. The van der Waals surface area contributed by atoms with Gasteiger partial charge in [-0.1, -0.05) is 18.2 Å². The maximum atomic E-state index is 4.57. The molecule has 0 amide bonds. The number of thiazole rings is 1. The number of hydrogen-bond acceptors (Lipinski definition) is 3. The zero-order chi connectivity index (χ0) is 11.0. The van der Waals surface area contributed by atoms with Gasteiger partial charge in [-0.3, -0.25) is 4.98 Å². The Morgan fingerprint density at radius 2 is 1.94 bits per heavy atom. The van der Waals surface area contributed by atoms with Gasteiger partial charge in [0.15, 0.2) is 0 Å². The van der Waals surface area contributed by atoms with Crippen LogP contribution in [0, 0.1) is 6.92 Å². The second kappa shape index (κ2) is 3.68. The normalized spacial score (nSPS) is 10.8. The average Bonchev–Trinajstić information content (AvgIpc) is 2.73. The van der Waals surface area contributed by atoms with Crippen molar-refractivity contribution in [3.05, 3.63) is 48.2 Å². The summed E-state index contributed by atoms with van der Waals surface area (Å²) in [5.41, 5.74) is 3.17. The summed E-state index contributed by atoms with van der Waals surface area (Å²) in [6.07, 6.45) is 1.88. The maximum absolute atomic E-state index is 4.57. The van der Waals surface area contributed by atoms with Crippen molar-refractivity contribution >= 4 is 21.6 Å². The lowest BCUT2D eigenvalue weighted by Crippen LogP contribution is -1.82. The maximum Gasteiger partial charge on any atom is 0.143 e. The van der Waals surface area contributed by atoms with Gasteiger partial charge in [0.1, 0.15) is 5.01 Å². The molecule has 0 fully saturated rings. The van der Waals surface area contributed by atoms with Crippen molar-refractivity contribution in [2.45, 2.75) is 6.92 Å². The van der Waals surface area contributed by atoms with Crippen molar-refractivity contribution in [1.82, 2.24) is 9.97 Å². The molecule has 2 heterocycles. The van der Waals surface area contributed by atoms with Gasteiger partial charge in [-0.15, -0.1) is 11.3 Å². The van der Waals surface area contributed by atoms with E-state index in [2.05, 4.69) is 22.1 Å². The third kappa shape index (κ3) is 1.59. The Kier molecular flexibility index (Phi) is 2.18. The fraction of sp³-hybridized carbons (Fsp3) is 0.0769. The zero-order valence-corrected chi connectivity index (χ0v) is 9.66. The second-order valence-electron chi connectivity index (χ2n) is 3.71. The number of aryl methyl sites for hydroxylation is 1. The molecule has 1 aromatic carbocycles. The Labute approximate surface area is 97.6 Å². The molecule has 0 atom stereocenters. The van der Waals surface area contributed by atoms with Crippen LogP contribution in [0.5, 0.6) is 0 Å². The van der Waals surface area contributed by atoms with Gasteiger partial charge < -0.3 is 0 Å². The van der Waals surface area contributed by atoms with Crippen LogP contribution in [0.4, 0.5) is 0 Å². The summed E-state index contributed by atoms with van der Waals surface area (Å²) in [6.45, 7) is 2.04. The monoisotopic (exact) mass is 226 g/mol. The second-order valence-corrected chi connectivity index (χ2v) is 4.74. The van der Waals surface area contributed by atoms with E-state index >= 15 is 0 Å². The Morgan fingerprint density at radius 3 is 2.69 bits per heavy atom. The minimum absolute atomic E-state index is 0.951. The largest absolute Gasteiger partial charge is 0.253 e. The van der Waals surface area contributed by atoms with Crippen LogP contribution in [0.25, 0.3) is 20.9 Å². The molecule has 3 heteroatoms. The molecule has 0 N–H and O–H groups in total. The number of benzene rings is 1. The van der Waals surface area contributed by atoms with E-state index < -0.39 is 0 Å². The first-order chi connectivity index (χ1) is 7.83. The molecule has 2 aromatic heterocycles. The Balaban J connectivity index is 2.15. The minimum atomic E-state index is 0.951. The molecule has 0 spiro atoms. The summed E-state index contributed by atoms with van der Waals surface area (Å²) >= 11 is 1.68. The number of para-hydroxylation sites is 1. The van der Waals surface area contributed by atoms with Gasteiger partial charge in [-0.25, -0.2) is 4.98 Å². The molecule has 0 bridgehead atoms.